The number of carbonyl (C=O) groups excluding carboxylic acids is 2. The predicted molar refractivity (Wildman–Crippen MR) is 142 cm³/mol. The van der Waals surface area contributed by atoms with Crippen LogP contribution in [0.2, 0.25) is 0 Å². The van der Waals surface area contributed by atoms with Gasteiger partial charge in [-0.15, -0.1) is 0 Å². The molecule has 2 heterocycles. The average Bonchev–Trinajstić information content (AvgIpc) is 2.94. The van der Waals surface area contributed by atoms with Crippen LogP contribution in [-0.2, 0) is 34.0 Å². The molecule has 0 aromatic heterocycles. The Kier molecular flexibility index (Phi) is 7.59. The molecule has 0 saturated carbocycles. The minimum absolute atomic E-state index is 0.0507. The Morgan fingerprint density at radius 3 is 2.39 bits per heavy atom. The fraction of sp³-hybridized carbons (Fsp3) is 0.276. The number of hydrogen-bond acceptors (Lipinski definition) is 5. The first-order valence-corrected chi connectivity index (χ1v) is 14.3. The van der Waals surface area contributed by atoms with Gasteiger partial charge in [0.05, 0.1) is 22.4 Å². The van der Waals surface area contributed by atoms with Crippen LogP contribution in [0.4, 0.5) is 13.2 Å². The molecule has 41 heavy (non-hydrogen) atoms. The minimum Gasteiger partial charge on any atom is -0.350 e. The van der Waals surface area contributed by atoms with Gasteiger partial charge in [0, 0.05) is 31.7 Å². The summed E-state index contributed by atoms with van der Waals surface area (Å²) in [5.41, 5.74) is 1.24. The Labute approximate surface area is 235 Å². The molecule has 212 valence electrons. The zero-order chi connectivity index (χ0) is 29.4. The van der Waals surface area contributed by atoms with Crippen LogP contribution in [0.25, 0.3) is 0 Å². The molecule has 0 bridgehead atoms. The van der Waals surface area contributed by atoms with Crippen molar-refractivity contribution >= 4 is 21.8 Å². The van der Waals surface area contributed by atoms with Crippen LogP contribution in [0.15, 0.2) is 77.7 Å². The van der Waals surface area contributed by atoms with E-state index in [0.29, 0.717) is 17.5 Å². The monoisotopic (exact) mass is 582 g/mol. The van der Waals surface area contributed by atoms with Gasteiger partial charge in [0.1, 0.15) is 6.04 Å². The second-order valence-electron chi connectivity index (χ2n) is 9.94. The quantitative estimate of drug-likeness (QED) is 0.474. The first-order valence-electron chi connectivity index (χ1n) is 12.8. The van der Waals surface area contributed by atoms with Crippen LogP contribution in [0, 0.1) is 17.2 Å². The lowest BCUT2D eigenvalue weighted by Crippen LogP contribution is -2.49. The number of carbonyl (C=O) groups is 2. The van der Waals surface area contributed by atoms with E-state index < -0.39 is 39.6 Å². The molecule has 0 spiro atoms. The maximum absolute atomic E-state index is 13.7. The van der Waals surface area contributed by atoms with Gasteiger partial charge in [0.25, 0.3) is 5.91 Å². The number of nitriles is 1. The number of amides is 2. The van der Waals surface area contributed by atoms with Gasteiger partial charge >= 0.3 is 6.18 Å². The number of hydrogen-bond donors (Lipinski definition) is 1. The van der Waals surface area contributed by atoms with Gasteiger partial charge in [-0.1, -0.05) is 42.5 Å². The van der Waals surface area contributed by atoms with Crippen molar-refractivity contribution in [2.45, 2.75) is 30.1 Å². The van der Waals surface area contributed by atoms with E-state index in [2.05, 4.69) is 5.32 Å². The van der Waals surface area contributed by atoms with Crippen LogP contribution in [0.1, 0.15) is 38.7 Å². The van der Waals surface area contributed by atoms with E-state index in [4.69, 9.17) is 5.26 Å². The van der Waals surface area contributed by atoms with Crippen LogP contribution < -0.4 is 5.32 Å². The molecular formula is C29H25F3N4O4S. The number of alkyl halides is 3. The number of rotatable bonds is 6. The third-order valence-corrected chi connectivity index (χ3v) is 9.12. The molecule has 1 atom stereocenters. The highest BCUT2D eigenvalue weighted by Gasteiger charge is 2.39. The molecule has 0 unspecified atom stereocenters. The predicted octanol–water partition coefficient (Wildman–Crippen LogP) is 3.91. The molecule has 3 aromatic carbocycles. The SMILES string of the molecule is N#CC1CN(S(=O)(=O)c2cccc(C(=O)N3CCc4ccccc4[C@@H]3C(=O)NCc3ccc(C(F)(F)F)cc3)c2)C1. The van der Waals surface area contributed by atoms with Crippen molar-refractivity contribution in [3.05, 3.63) is 101 Å². The third-order valence-electron chi connectivity index (χ3n) is 7.29. The van der Waals surface area contributed by atoms with Gasteiger partial charge in [-0.2, -0.15) is 22.7 Å². The molecule has 8 nitrogen and oxygen atoms in total. The fourth-order valence-electron chi connectivity index (χ4n) is 4.99. The van der Waals surface area contributed by atoms with Crippen molar-refractivity contribution in [1.82, 2.24) is 14.5 Å². The van der Waals surface area contributed by atoms with Crippen LogP contribution in [-0.4, -0.2) is 49.1 Å². The van der Waals surface area contributed by atoms with Crippen molar-refractivity contribution < 1.29 is 31.2 Å². The van der Waals surface area contributed by atoms with Gasteiger partial charge in [0.15, 0.2) is 0 Å². The number of benzene rings is 3. The van der Waals surface area contributed by atoms with Gasteiger partial charge < -0.3 is 10.2 Å². The summed E-state index contributed by atoms with van der Waals surface area (Å²) in [5.74, 6) is -1.42. The number of sulfonamides is 1. The molecule has 3 aromatic rings. The topological polar surface area (TPSA) is 111 Å². The smallest absolute Gasteiger partial charge is 0.350 e. The van der Waals surface area contributed by atoms with Gasteiger partial charge in [0.2, 0.25) is 15.9 Å². The molecule has 2 aliphatic heterocycles. The van der Waals surface area contributed by atoms with Crippen LogP contribution >= 0.6 is 0 Å². The minimum atomic E-state index is -4.47. The molecule has 2 amide bonds. The lowest BCUT2D eigenvalue weighted by Gasteiger charge is -2.36. The van der Waals surface area contributed by atoms with E-state index in [-0.39, 0.29) is 42.6 Å². The number of fused-ring (bicyclic) bond motifs is 1. The highest BCUT2D eigenvalue weighted by atomic mass is 32.2. The van der Waals surface area contributed by atoms with Gasteiger partial charge in [-0.05, 0) is 53.4 Å². The summed E-state index contributed by atoms with van der Waals surface area (Å²) < 4.78 is 65.9. The van der Waals surface area contributed by atoms with E-state index in [9.17, 15) is 31.2 Å². The summed E-state index contributed by atoms with van der Waals surface area (Å²) in [4.78, 5) is 28.6. The molecule has 1 saturated heterocycles. The zero-order valence-corrected chi connectivity index (χ0v) is 22.5. The summed E-state index contributed by atoms with van der Waals surface area (Å²) in [6.45, 7) is 0.314. The maximum Gasteiger partial charge on any atom is 0.416 e. The summed E-state index contributed by atoms with van der Waals surface area (Å²) in [7, 11) is -3.90. The average molecular weight is 583 g/mol. The standard InChI is InChI=1S/C29H25F3N4O4S/c30-29(31,32)23-10-8-19(9-11-23)16-34-27(37)26-25-7-2-1-4-21(25)12-13-36(26)28(38)22-5-3-6-24(14-22)41(39,40)35-17-20(15-33)18-35/h1-11,14,20,26H,12-13,16-18H2,(H,34,37)/t26-/m1/s1. The summed E-state index contributed by atoms with van der Waals surface area (Å²) in [6.07, 6.45) is -3.99. The highest BCUT2D eigenvalue weighted by molar-refractivity contribution is 7.89. The Hall–Kier alpha value is -4.21. The Morgan fingerprint density at radius 2 is 1.71 bits per heavy atom. The Bertz CT molecular complexity index is 1630. The lowest BCUT2D eigenvalue weighted by atomic mass is 9.91. The maximum atomic E-state index is 13.7. The van der Waals surface area contributed by atoms with Crippen molar-refractivity contribution in [2.24, 2.45) is 5.92 Å². The molecule has 5 rings (SSSR count). The number of nitrogens with one attached hydrogen (secondary N) is 1. The van der Waals surface area contributed by atoms with Gasteiger partial charge in [-0.25, -0.2) is 8.42 Å². The van der Waals surface area contributed by atoms with E-state index >= 15 is 0 Å². The van der Waals surface area contributed by atoms with E-state index in [1.54, 1.807) is 12.1 Å². The molecule has 12 heteroatoms. The summed E-state index contributed by atoms with van der Waals surface area (Å²) >= 11 is 0. The second-order valence-corrected chi connectivity index (χ2v) is 11.9. The van der Waals surface area contributed by atoms with Crippen LogP contribution in [0.5, 0.6) is 0 Å². The molecular weight excluding hydrogens is 557 g/mol. The molecule has 1 N–H and O–H groups in total. The number of nitrogens with zero attached hydrogens (tertiary/aromatic N) is 3. The largest absolute Gasteiger partial charge is 0.416 e. The fourth-order valence-corrected chi connectivity index (χ4v) is 6.56. The summed E-state index contributed by atoms with van der Waals surface area (Å²) in [6, 6.07) is 18.2. The molecule has 2 aliphatic rings. The highest BCUT2D eigenvalue weighted by Crippen LogP contribution is 2.33. The van der Waals surface area contributed by atoms with Gasteiger partial charge in [-0.3, -0.25) is 9.59 Å². The Morgan fingerprint density at radius 1 is 1.00 bits per heavy atom. The van der Waals surface area contributed by atoms with Crippen molar-refractivity contribution in [1.29, 1.82) is 5.26 Å². The normalized spacial score (nSPS) is 17.7. The molecule has 0 radical (unpaired) electrons. The second kappa shape index (κ2) is 11.0. The first-order chi connectivity index (χ1) is 19.5. The van der Waals surface area contributed by atoms with E-state index in [1.807, 2.05) is 18.2 Å². The van der Waals surface area contributed by atoms with Crippen molar-refractivity contribution in [3.8, 4) is 6.07 Å². The molecule has 0 aliphatic carbocycles. The van der Waals surface area contributed by atoms with Crippen molar-refractivity contribution in [2.75, 3.05) is 19.6 Å². The first kappa shape index (κ1) is 28.3. The zero-order valence-electron chi connectivity index (χ0n) is 21.6. The number of halogens is 3. The Balaban J connectivity index is 1.38. The molecule has 1 fully saturated rings. The summed E-state index contributed by atoms with van der Waals surface area (Å²) in [5, 5.41) is 11.7. The van der Waals surface area contributed by atoms with E-state index in [1.165, 1.54) is 45.6 Å². The van der Waals surface area contributed by atoms with E-state index in [0.717, 1.165) is 17.7 Å². The third kappa shape index (κ3) is 5.68. The van der Waals surface area contributed by atoms with Crippen molar-refractivity contribution in [3.63, 3.8) is 0 Å². The lowest BCUT2D eigenvalue weighted by molar-refractivity contribution is -0.137. The van der Waals surface area contributed by atoms with Crippen LogP contribution in [0.3, 0.4) is 0 Å².